The maximum Gasteiger partial charge on any atom is 0.306 e. The summed E-state index contributed by atoms with van der Waals surface area (Å²) in [5.74, 6) is -0.791. The molecular formula is C22H30N2O5S. The number of piperidine rings is 1. The monoisotopic (exact) mass is 434 g/mol. The van der Waals surface area contributed by atoms with Crippen LogP contribution in [-0.2, 0) is 30.8 Å². The summed E-state index contributed by atoms with van der Waals surface area (Å²) in [7, 11) is -3.46. The Morgan fingerprint density at radius 3 is 2.20 bits per heavy atom. The molecule has 0 N–H and O–H groups in total. The maximum absolute atomic E-state index is 12.7. The molecule has 1 aromatic carbocycles. The molecular weight excluding hydrogens is 404 g/mol. The Hall–Kier alpha value is -2.45. The molecule has 0 atom stereocenters. The molecule has 2 rings (SSSR count). The molecule has 1 aliphatic heterocycles. The zero-order valence-corrected chi connectivity index (χ0v) is 18.1. The first kappa shape index (κ1) is 23.8. The van der Waals surface area contributed by atoms with Crippen molar-refractivity contribution in [3.8, 4) is 0 Å². The van der Waals surface area contributed by atoms with Crippen LogP contribution in [0.2, 0.25) is 0 Å². The third-order valence-electron chi connectivity index (χ3n) is 4.90. The summed E-state index contributed by atoms with van der Waals surface area (Å²) in [6.45, 7) is 8.70. The number of aryl methyl sites for hydroxylation is 1. The van der Waals surface area contributed by atoms with Crippen LogP contribution < -0.4 is 0 Å². The normalized spacial score (nSPS) is 14.7. The molecule has 0 bridgehead atoms. The van der Waals surface area contributed by atoms with Crippen LogP contribution in [0.5, 0.6) is 0 Å². The van der Waals surface area contributed by atoms with Crippen molar-refractivity contribution in [2.45, 2.75) is 37.0 Å². The van der Waals surface area contributed by atoms with Gasteiger partial charge in [0.05, 0.1) is 4.90 Å². The summed E-state index contributed by atoms with van der Waals surface area (Å²) >= 11 is 0. The number of sulfonamides is 1. The Morgan fingerprint density at radius 2 is 1.63 bits per heavy atom. The Bertz CT molecular complexity index is 833. The lowest BCUT2D eigenvalue weighted by Gasteiger charge is -2.25. The summed E-state index contributed by atoms with van der Waals surface area (Å²) in [6.07, 6.45) is 6.54. The van der Waals surface area contributed by atoms with Gasteiger partial charge in [0.25, 0.3) is 5.91 Å². The van der Waals surface area contributed by atoms with Crippen molar-refractivity contribution in [1.82, 2.24) is 9.21 Å². The Kier molecular flexibility index (Phi) is 9.26. The van der Waals surface area contributed by atoms with Gasteiger partial charge in [-0.05, 0) is 37.0 Å². The van der Waals surface area contributed by atoms with Gasteiger partial charge in [0.2, 0.25) is 10.0 Å². The van der Waals surface area contributed by atoms with Gasteiger partial charge in [-0.2, -0.15) is 4.31 Å². The van der Waals surface area contributed by atoms with Crippen molar-refractivity contribution in [2.24, 2.45) is 0 Å². The van der Waals surface area contributed by atoms with Gasteiger partial charge in [0, 0.05) is 32.6 Å². The zero-order valence-electron chi connectivity index (χ0n) is 17.3. The van der Waals surface area contributed by atoms with E-state index in [4.69, 9.17) is 4.74 Å². The first-order valence-corrected chi connectivity index (χ1v) is 11.6. The van der Waals surface area contributed by atoms with Crippen LogP contribution in [-0.4, -0.2) is 62.3 Å². The standard InChI is InChI=1S/C22H30N2O5S/c1-3-14-23(15-4-2)21(25)18-29-22(26)13-10-19-8-11-20(12-9-19)30(27,28)24-16-6-5-7-17-24/h3-4,8-9,11-12H,1-2,5-7,10,13-18H2. The van der Waals surface area contributed by atoms with E-state index >= 15 is 0 Å². The van der Waals surface area contributed by atoms with Crippen LogP contribution in [0.25, 0.3) is 0 Å². The van der Waals surface area contributed by atoms with Gasteiger partial charge >= 0.3 is 5.97 Å². The molecule has 0 aliphatic carbocycles. The highest BCUT2D eigenvalue weighted by Crippen LogP contribution is 2.21. The highest BCUT2D eigenvalue weighted by Gasteiger charge is 2.25. The van der Waals surface area contributed by atoms with Crippen LogP contribution in [0.3, 0.4) is 0 Å². The van der Waals surface area contributed by atoms with Crippen LogP contribution in [0.1, 0.15) is 31.2 Å². The molecule has 1 heterocycles. The second kappa shape index (κ2) is 11.7. The molecule has 1 aliphatic rings. The van der Waals surface area contributed by atoms with Gasteiger partial charge in [0.15, 0.2) is 6.61 Å². The van der Waals surface area contributed by atoms with Crippen LogP contribution >= 0.6 is 0 Å². The van der Waals surface area contributed by atoms with Gasteiger partial charge < -0.3 is 9.64 Å². The molecule has 1 amide bonds. The van der Waals surface area contributed by atoms with Gasteiger partial charge in [0.1, 0.15) is 0 Å². The number of carbonyl (C=O) groups is 2. The van der Waals surface area contributed by atoms with E-state index in [1.54, 1.807) is 36.4 Å². The van der Waals surface area contributed by atoms with E-state index in [2.05, 4.69) is 13.2 Å². The molecule has 8 heteroatoms. The number of amides is 1. The number of esters is 1. The van der Waals surface area contributed by atoms with Crippen molar-refractivity contribution < 1.29 is 22.7 Å². The molecule has 30 heavy (non-hydrogen) atoms. The van der Waals surface area contributed by atoms with E-state index in [-0.39, 0.29) is 23.8 Å². The smallest absolute Gasteiger partial charge is 0.306 e. The maximum atomic E-state index is 12.7. The van der Waals surface area contributed by atoms with Crippen molar-refractivity contribution in [2.75, 3.05) is 32.8 Å². The number of hydrogen-bond acceptors (Lipinski definition) is 5. The fourth-order valence-electron chi connectivity index (χ4n) is 3.22. The van der Waals surface area contributed by atoms with Crippen LogP contribution in [0.15, 0.2) is 54.5 Å². The van der Waals surface area contributed by atoms with Crippen molar-refractivity contribution in [3.63, 3.8) is 0 Å². The van der Waals surface area contributed by atoms with E-state index in [1.165, 1.54) is 9.21 Å². The minimum absolute atomic E-state index is 0.106. The molecule has 1 saturated heterocycles. The topological polar surface area (TPSA) is 84.0 Å². The molecule has 164 valence electrons. The first-order valence-electron chi connectivity index (χ1n) is 10.1. The molecule has 0 radical (unpaired) electrons. The Labute approximate surface area is 179 Å². The third-order valence-corrected chi connectivity index (χ3v) is 6.82. The van der Waals surface area contributed by atoms with Crippen molar-refractivity contribution >= 4 is 21.9 Å². The predicted molar refractivity (Wildman–Crippen MR) is 115 cm³/mol. The molecule has 0 spiro atoms. The van der Waals surface area contributed by atoms with Crippen molar-refractivity contribution in [3.05, 3.63) is 55.1 Å². The molecule has 0 unspecified atom stereocenters. The summed E-state index contributed by atoms with van der Waals surface area (Å²) in [4.78, 5) is 25.8. The van der Waals surface area contributed by atoms with E-state index < -0.39 is 16.0 Å². The summed E-state index contributed by atoms with van der Waals surface area (Å²) < 4.78 is 31.9. The van der Waals surface area contributed by atoms with Gasteiger partial charge in [-0.3, -0.25) is 9.59 Å². The first-order chi connectivity index (χ1) is 14.4. The van der Waals surface area contributed by atoms with Gasteiger partial charge in [-0.25, -0.2) is 8.42 Å². The Balaban J connectivity index is 1.83. The number of benzene rings is 1. The minimum atomic E-state index is -3.46. The zero-order chi connectivity index (χ0) is 22.0. The van der Waals surface area contributed by atoms with E-state index in [1.807, 2.05) is 0 Å². The largest absolute Gasteiger partial charge is 0.456 e. The fourth-order valence-corrected chi connectivity index (χ4v) is 4.74. The number of carbonyl (C=O) groups excluding carboxylic acids is 2. The molecule has 1 aromatic rings. The number of ether oxygens (including phenoxy) is 1. The molecule has 0 aromatic heterocycles. The molecule has 0 saturated carbocycles. The highest BCUT2D eigenvalue weighted by atomic mass is 32.2. The average molecular weight is 435 g/mol. The second-order valence-corrected chi connectivity index (χ2v) is 9.08. The second-order valence-electron chi connectivity index (χ2n) is 7.15. The SMILES string of the molecule is C=CCN(CC=C)C(=O)COC(=O)CCc1ccc(S(=O)(=O)N2CCCCC2)cc1. The lowest BCUT2D eigenvalue weighted by molar-refractivity contribution is -0.151. The molecule has 7 nitrogen and oxygen atoms in total. The van der Waals surface area contributed by atoms with Gasteiger partial charge in [-0.1, -0.05) is 30.7 Å². The number of hydrogen-bond donors (Lipinski definition) is 0. The highest BCUT2D eigenvalue weighted by molar-refractivity contribution is 7.89. The van der Waals surface area contributed by atoms with Gasteiger partial charge in [-0.15, -0.1) is 13.2 Å². The average Bonchev–Trinajstić information content (AvgIpc) is 2.76. The molecule has 1 fully saturated rings. The number of rotatable bonds is 11. The predicted octanol–water partition coefficient (Wildman–Crippen LogP) is 2.54. The summed E-state index contributed by atoms with van der Waals surface area (Å²) in [6, 6.07) is 6.59. The van der Waals surface area contributed by atoms with Crippen molar-refractivity contribution in [1.29, 1.82) is 0 Å². The minimum Gasteiger partial charge on any atom is -0.456 e. The van der Waals surface area contributed by atoms with E-state index in [9.17, 15) is 18.0 Å². The van der Waals surface area contributed by atoms with Crippen LogP contribution in [0, 0.1) is 0 Å². The fraction of sp³-hybridized carbons (Fsp3) is 0.455. The third kappa shape index (κ3) is 6.81. The summed E-state index contributed by atoms with van der Waals surface area (Å²) in [5.41, 5.74) is 0.829. The quantitative estimate of drug-likeness (QED) is 0.395. The Morgan fingerprint density at radius 1 is 1.03 bits per heavy atom. The van der Waals surface area contributed by atoms with E-state index in [0.717, 1.165) is 24.8 Å². The lowest BCUT2D eigenvalue weighted by atomic mass is 10.1. The summed E-state index contributed by atoms with van der Waals surface area (Å²) in [5, 5.41) is 0. The lowest BCUT2D eigenvalue weighted by Crippen LogP contribution is -2.35. The van der Waals surface area contributed by atoms with E-state index in [0.29, 0.717) is 32.6 Å². The van der Waals surface area contributed by atoms with Crippen LogP contribution in [0.4, 0.5) is 0 Å². The number of nitrogens with zero attached hydrogens (tertiary/aromatic N) is 2.